The summed E-state index contributed by atoms with van der Waals surface area (Å²) in [5.74, 6) is 7.17. The van der Waals surface area contributed by atoms with Gasteiger partial charge in [-0.2, -0.15) is 15.0 Å². The molecular formula is C13H25N7O. The van der Waals surface area contributed by atoms with E-state index in [1.54, 1.807) is 0 Å². The summed E-state index contributed by atoms with van der Waals surface area (Å²) < 4.78 is 5.37. The van der Waals surface area contributed by atoms with Crippen molar-refractivity contribution in [1.82, 2.24) is 15.0 Å². The number of nitrogens with zero attached hydrogens (tertiary/aromatic N) is 5. The van der Waals surface area contributed by atoms with E-state index in [-0.39, 0.29) is 0 Å². The lowest BCUT2D eigenvalue weighted by Crippen LogP contribution is -2.33. The van der Waals surface area contributed by atoms with Gasteiger partial charge in [-0.1, -0.05) is 0 Å². The summed E-state index contributed by atoms with van der Waals surface area (Å²) in [5, 5.41) is 0. The molecule has 0 spiro atoms. The first-order valence-corrected chi connectivity index (χ1v) is 7.51. The molecule has 1 fully saturated rings. The Morgan fingerprint density at radius 3 is 2.67 bits per heavy atom. The summed E-state index contributed by atoms with van der Waals surface area (Å²) in [7, 11) is 1.94. The molecule has 0 amide bonds. The standard InChI is InChI=1S/C13H25N7O/c1-3-21-10-9-19(2)12-15-11(18-14)16-13(17-12)20-7-5-4-6-8-20/h3-10,14H2,1-2H3,(H,15,16,17,18). The van der Waals surface area contributed by atoms with Crippen LogP contribution >= 0.6 is 0 Å². The number of likely N-dealkylation sites (N-methyl/N-ethyl adjacent to an activating group) is 1. The normalized spacial score (nSPS) is 15.1. The van der Waals surface area contributed by atoms with Gasteiger partial charge in [-0.25, -0.2) is 5.84 Å². The molecule has 1 aliphatic rings. The van der Waals surface area contributed by atoms with E-state index in [2.05, 4.69) is 25.3 Å². The minimum Gasteiger partial charge on any atom is -0.380 e. The molecule has 3 N–H and O–H groups in total. The fraction of sp³-hybridized carbons (Fsp3) is 0.769. The Morgan fingerprint density at radius 1 is 1.24 bits per heavy atom. The van der Waals surface area contributed by atoms with Crippen molar-refractivity contribution in [3.63, 3.8) is 0 Å². The van der Waals surface area contributed by atoms with Gasteiger partial charge < -0.3 is 14.5 Å². The van der Waals surface area contributed by atoms with E-state index in [0.717, 1.165) is 19.6 Å². The number of anilines is 3. The van der Waals surface area contributed by atoms with E-state index in [1.807, 2.05) is 18.9 Å². The third-order valence-corrected chi connectivity index (χ3v) is 3.50. The van der Waals surface area contributed by atoms with Gasteiger partial charge in [0.25, 0.3) is 0 Å². The molecule has 2 heterocycles. The minimum atomic E-state index is 0.392. The molecule has 118 valence electrons. The van der Waals surface area contributed by atoms with Crippen LogP contribution in [0, 0.1) is 0 Å². The second-order valence-corrected chi connectivity index (χ2v) is 5.07. The molecule has 0 aliphatic carbocycles. The lowest BCUT2D eigenvalue weighted by molar-refractivity contribution is 0.154. The predicted octanol–water partition coefficient (Wildman–Crippen LogP) is 0.620. The summed E-state index contributed by atoms with van der Waals surface area (Å²) in [6.45, 7) is 6.02. The van der Waals surface area contributed by atoms with Gasteiger partial charge >= 0.3 is 0 Å². The zero-order valence-electron chi connectivity index (χ0n) is 12.9. The first-order chi connectivity index (χ1) is 10.2. The summed E-state index contributed by atoms with van der Waals surface area (Å²) in [6.07, 6.45) is 3.61. The highest BCUT2D eigenvalue weighted by atomic mass is 16.5. The molecule has 2 rings (SSSR count). The first kappa shape index (κ1) is 15.7. The van der Waals surface area contributed by atoms with E-state index >= 15 is 0 Å². The van der Waals surface area contributed by atoms with E-state index in [1.165, 1.54) is 19.3 Å². The average molecular weight is 295 g/mol. The summed E-state index contributed by atoms with van der Waals surface area (Å²) in [4.78, 5) is 17.4. The Kier molecular flexibility index (Phi) is 5.94. The molecule has 1 saturated heterocycles. The number of nitrogen functional groups attached to an aromatic ring is 1. The quantitative estimate of drug-likeness (QED) is 0.430. The van der Waals surface area contributed by atoms with Gasteiger partial charge in [0.05, 0.1) is 6.61 Å². The van der Waals surface area contributed by atoms with Gasteiger partial charge in [0.1, 0.15) is 0 Å². The Balaban J connectivity index is 2.12. The lowest BCUT2D eigenvalue weighted by Gasteiger charge is -2.27. The van der Waals surface area contributed by atoms with Gasteiger partial charge in [-0.15, -0.1) is 0 Å². The van der Waals surface area contributed by atoms with Gasteiger partial charge in [0, 0.05) is 33.3 Å². The van der Waals surface area contributed by atoms with Crippen molar-refractivity contribution in [1.29, 1.82) is 0 Å². The number of piperidine rings is 1. The molecule has 8 heteroatoms. The SMILES string of the molecule is CCOCCN(C)c1nc(NN)nc(N2CCCCC2)n1. The number of aromatic nitrogens is 3. The van der Waals surface area contributed by atoms with Crippen LogP contribution in [0.5, 0.6) is 0 Å². The molecule has 21 heavy (non-hydrogen) atoms. The van der Waals surface area contributed by atoms with Crippen molar-refractivity contribution in [2.24, 2.45) is 5.84 Å². The molecule has 0 bridgehead atoms. The number of hydrazine groups is 1. The zero-order valence-corrected chi connectivity index (χ0v) is 12.9. The lowest BCUT2D eigenvalue weighted by atomic mass is 10.1. The highest BCUT2D eigenvalue weighted by molar-refractivity contribution is 5.44. The third-order valence-electron chi connectivity index (χ3n) is 3.50. The van der Waals surface area contributed by atoms with E-state index < -0.39 is 0 Å². The summed E-state index contributed by atoms with van der Waals surface area (Å²) in [6, 6.07) is 0. The van der Waals surface area contributed by atoms with Crippen molar-refractivity contribution in [3.05, 3.63) is 0 Å². The van der Waals surface area contributed by atoms with Crippen LogP contribution < -0.4 is 21.1 Å². The second kappa shape index (κ2) is 7.94. The Morgan fingerprint density at radius 2 is 2.00 bits per heavy atom. The van der Waals surface area contributed by atoms with Crippen LogP contribution in [0.2, 0.25) is 0 Å². The van der Waals surface area contributed by atoms with E-state index in [0.29, 0.717) is 31.1 Å². The zero-order chi connectivity index (χ0) is 15.1. The summed E-state index contributed by atoms with van der Waals surface area (Å²) in [5.41, 5.74) is 2.52. The molecule has 1 aromatic rings. The van der Waals surface area contributed by atoms with Crippen molar-refractivity contribution in [2.45, 2.75) is 26.2 Å². The number of ether oxygens (including phenoxy) is 1. The van der Waals surface area contributed by atoms with Crippen molar-refractivity contribution in [3.8, 4) is 0 Å². The molecule has 1 aliphatic heterocycles. The van der Waals surface area contributed by atoms with Crippen molar-refractivity contribution < 1.29 is 4.74 Å². The molecular weight excluding hydrogens is 270 g/mol. The van der Waals surface area contributed by atoms with Crippen LogP contribution in [0.3, 0.4) is 0 Å². The van der Waals surface area contributed by atoms with Crippen LogP contribution in [-0.4, -0.2) is 54.8 Å². The van der Waals surface area contributed by atoms with E-state index in [9.17, 15) is 0 Å². The molecule has 0 saturated carbocycles. The van der Waals surface area contributed by atoms with Gasteiger partial charge in [0.15, 0.2) is 0 Å². The predicted molar refractivity (Wildman–Crippen MR) is 83.5 cm³/mol. The summed E-state index contributed by atoms with van der Waals surface area (Å²) >= 11 is 0. The maximum atomic E-state index is 5.47. The van der Waals surface area contributed by atoms with Crippen LogP contribution in [0.15, 0.2) is 0 Å². The molecule has 1 aromatic heterocycles. The van der Waals surface area contributed by atoms with Crippen LogP contribution in [-0.2, 0) is 4.74 Å². The molecule has 0 radical (unpaired) electrons. The fourth-order valence-corrected chi connectivity index (χ4v) is 2.27. The monoisotopic (exact) mass is 295 g/mol. The number of rotatable bonds is 7. The number of nitrogens with one attached hydrogen (secondary N) is 1. The van der Waals surface area contributed by atoms with Crippen LogP contribution in [0.1, 0.15) is 26.2 Å². The van der Waals surface area contributed by atoms with Crippen molar-refractivity contribution >= 4 is 17.8 Å². The Hall–Kier alpha value is -1.67. The minimum absolute atomic E-state index is 0.392. The maximum Gasteiger partial charge on any atom is 0.243 e. The molecule has 0 aromatic carbocycles. The highest BCUT2D eigenvalue weighted by Crippen LogP contribution is 2.19. The molecule has 8 nitrogen and oxygen atoms in total. The molecule has 0 atom stereocenters. The number of hydrogen-bond donors (Lipinski definition) is 2. The second-order valence-electron chi connectivity index (χ2n) is 5.07. The van der Waals surface area contributed by atoms with Gasteiger partial charge in [-0.05, 0) is 26.2 Å². The van der Waals surface area contributed by atoms with Gasteiger partial charge in [-0.3, -0.25) is 5.43 Å². The topological polar surface area (TPSA) is 92.4 Å². The van der Waals surface area contributed by atoms with E-state index in [4.69, 9.17) is 10.6 Å². The maximum absolute atomic E-state index is 5.47. The average Bonchev–Trinajstić information content (AvgIpc) is 2.55. The largest absolute Gasteiger partial charge is 0.380 e. The Labute approximate surface area is 125 Å². The van der Waals surface area contributed by atoms with Gasteiger partial charge in [0.2, 0.25) is 17.8 Å². The highest BCUT2D eigenvalue weighted by Gasteiger charge is 2.17. The van der Waals surface area contributed by atoms with Crippen molar-refractivity contribution in [2.75, 3.05) is 55.1 Å². The fourth-order valence-electron chi connectivity index (χ4n) is 2.27. The van der Waals surface area contributed by atoms with Crippen LogP contribution in [0.4, 0.5) is 17.8 Å². The number of nitrogens with two attached hydrogens (primary N) is 1. The smallest absolute Gasteiger partial charge is 0.243 e. The van der Waals surface area contributed by atoms with Crippen LogP contribution in [0.25, 0.3) is 0 Å². The third kappa shape index (κ3) is 4.40. The Bertz CT molecular complexity index is 437. The number of hydrogen-bond acceptors (Lipinski definition) is 8. The first-order valence-electron chi connectivity index (χ1n) is 7.51. The molecule has 0 unspecified atom stereocenters.